The minimum absolute atomic E-state index is 0.0303. The lowest BCUT2D eigenvalue weighted by Crippen LogP contribution is -2.45. The number of carboxylic acid groups (broad SMARTS) is 1. The molecule has 1 fully saturated rings. The summed E-state index contributed by atoms with van der Waals surface area (Å²) in [6, 6.07) is 16.4. The van der Waals surface area contributed by atoms with Crippen molar-refractivity contribution >= 4 is 11.9 Å². The fourth-order valence-electron chi connectivity index (χ4n) is 3.47. The fraction of sp³-hybridized carbons (Fsp3) is 0.300. The zero-order valence-corrected chi connectivity index (χ0v) is 14.1. The number of carbonyl (C=O) groups is 2. The Morgan fingerprint density at radius 1 is 1.16 bits per heavy atom. The van der Waals surface area contributed by atoms with Gasteiger partial charge in [0.25, 0.3) is 0 Å². The molecule has 1 aliphatic rings. The predicted octanol–water partition coefficient (Wildman–Crippen LogP) is 3.26. The summed E-state index contributed by atoms with van der Waals surface area (Å²) in [5.41, 5.74) is 1.71. The van der Waals surface area contributed by atoms with E-state index in [-0.39, 0.29) is 12.3 Å². The highest BCUT2D eigenvalue weighted by molar-refractivity contribution is 5.82. The minimum Gasteiger partial charge on any atom is -0.496 e. The molecule has 5 nitrogen and oxygen atoms in total. The molecule has 0 unspecified atom stereocenters. The Morgan fingerprint density at radius 3 is 2.52 bits per heavy atom. The van der Waals surface area contributed by atoms with E-state index in [1.165, 1.54) is 0 Å². The van der Waals surface area contributed by atoms with Gasteiger partial charge in [0.05, 0.1) is 19.1 Å². The Morgan fingerprint density at radius 2 is 1.84 bits per heavy atom. The predicted molar refractivity (Wildman–Crippen MR) is 93.1 cm³/mol. The molecule has 1 heterocycles. The lowest BCUT2D eigenvalue weighted by Gasteiger charge is -2.40. The van der Waals surface area contributed by atoms with Crippen LogP contribution in [0.3, 0.4) is 0 Å². The van der Waals surface area contributed by atoms with Gasteiger partial charge in [0.15, 0.2) is 0 Å². The second-order valence-electron chi connectivity index (χ2n) is 6.18. The number of para-hydroxylation sites is 1. The molecule has 1 saturated heterocycles. The van der Waals surface area contributed by atoms with E-state index >= 15 is 0 Å². The zero-order valence-electron chi connectivity index (χ0n) is 14.1. The number of likely N-dealkylation sites (tertiary alicyclic amines) is 1. The summed E-state index contributed by atoms with van der Waals surface area (Å²) < 4.78 is 5.43. The monoisotopic (exact) mass is 339 g/mol. The first-order valence-electron chi connectivity index (χ1n) is 8.31. The van der Waals surface area contributed by atoms with Crippen molar-refractivity contribution in [2.45, 2.75) is 25.4 Å². The number of aliphatic carboxylic acids is 1. The molecule has 0 aliphatic carbocycles. The number of methoxy groups -OCH3 is 1. The topological polar surface area (TPSA) is 66.8 Å². The molecule has 0 saturated carbocycles. The Labute approximate surface area is 146 Å². The second-order valence-corrected chi connectivity index (χ2v) is 6.18. The molecule has 0 radical (unpaired) electrons. The van der Waals surface area contributed by atoms with Crippen molar-refractivity contribution in [2.24, 2.45) is 5.92 Å². The van der Waals surface area contributed by atoms with Crippen LogP contribution in [-0.2, 0) is 16.1 Å². The summed E-state index contributed by atoms with van der Waals surface area (Å²) >= 11 is 0. The van der Waals surface area contributed by atoms with Crippen LogP contribution in [0, 0.1) is 5.92 Å². The van der Waals surface area contributed by atoms with Gasteiger partial charge in [-0.05, 0) is 18.1 Å². The number of carbonyl (C=O) groups excluding carboxylic acids is 1. The maximum atomic E-state index is 12.6. The van der Waals surface area contributed by atoms with E-state index in [1.54, 1.807) is 18.1 Å². The number of nitrogens with zero attached hydrogens (tertiary/aromatic N) is 1. The molecule has 130 valence electrons. The van der Waals surface area contributed by atoms with Crippen molar-refractivity contribution < 1.29 is 19.4 Å². The SMILES string of the molecule is COc1ccccc1[C@@H]1[C@@H](C(=O)O)CCC(=O)N1Cc1ccccc1. The van der Waals surface area contributed by atoms with Crippen molar-refractivity contribution in [1.82, 2.24) is 4.90 Å². The van der Waals surface area contributed by atoms with Crippen LogP contribution in [0.15, 0.2) is 54.6 Å². The van der Waals surface area contributed by atoms with Gasteiger partial charge in [0, 0.05) is 18.5 Å². The molecule has 1 aliphatic heterocycles. The molecule has 2 aromatic carbocycles. The minimum atomic E-state index is -0.888. The normalized spacial score (nSPS) is 20.4. The molecule has 1 amide bonds. The molecular formula is C20H21NO4. The van der Waals surface area contributed by atoms with Crippen LogP contribution in [-0.4, -0.2) is 29.0 Å². The van der Waals surface area contributed by atoms with Crippen molar-refractivity contribution in [3.8, 4) is 5.75 Å². The first-order valence-corrected chi connectivity index (χ1v) is 8.31. The lowest BCUT2D eigenvalue weighted by molar-refractivity contribution is -0.152. The van der Waals surface area contributed by atoms with Gasteiger partial charge in [0.2, 0.25) is 5.91 Å². The van der Waals surface area contributed by atoms with Crippen molar-refractivity contribution in [1.29, 1.82) is 0 Å². The Hall–Kier alpha value is -2.82. The number of amides is 1. The second kappa shape index (κ2) is 7.38. The number of hydrogen-bond acceptors (Lipinski definition) is 3. The molecule has 1 N–H and O–H groups in total. The van der Waals surface area contributed by atoms with E-state index in [0.29, 0.717) is 18.7 Å². The number of carboxylic acids is 1. The molecule has 0 spiro atoms. The number of piperidine rings is 1. The van der Waals surface area contributed by atoms with Gasteiger partial charge in [-0.2, -0.15) is 0 Å². The van der Waals surface area contributed by atoms with Gasteiger partial charge in [0.1, 0.15) is 5.75 Å². The molecule has 0 bridgehead atoms. The first-order chi connectivity index (χ1) is 12.1. The molecule has 3 rings (SSSR count). The van der Waals surface area contributed by atoms with E-state index in [0.717, 1.165) is 11.1 Å². The molecule has 2 aromatic rings. The van der Waals surface area contributed by atoms with E-state index in [2.05, 4.69) is 0 Å². The van der Waals surface area contributed by atoms with E-state index < -0.39 is 17.9 Å². The number of benzene rings is 2. The Bertz CT molecular complexity index is 759. The Kier molecular flexibility index (Phi) is 5.03. The van der Waals surface area contributed by atoms with E-state index in [4.69, 9.17) is 4.74 Å². The number of ether oxygens (including phenoxy) is 1. The van der Waals surface area contributed by atoms with Crippen LogP contribution >= 0.6 is 0 Å². The van der Waals surface area contributed by atoms with Gasteiger partial charge in [-0.25, -0.2) is 0 Å². The zero-order chi connectivity index (χ0) is 17.8. The van der Waals surface area contributed by atoms with Crippen LogP contribution < -0.4 is 4.74 Å². The quantitative estimate of drug-likeness (QED) is 0.908. The van der Waals surface area contributed by atoms with Crippen molar-refractivity contribution in [3.63, 3.8) is 0 Å². The highest BCUT2D eigenvalue weighted by atomic mass is 16.5. The average Bonchev–Trinajstić information content (AvgIpc) is 2.64. The van der Waals surface area contributed by atoms with Crippen LogP contribution in [0.2, 0.25) is 0 Å². The van der Waals surface area contributed by atoms with E-state index in [9.17, 15) is 14.7 Å². The van der Waals surface area contributed by atoms with Crippen molar-refractivity contribution in [2.75, 3.05) is 7.11 Å². The van der Waals surface area contributed by atoms with Gasteiger partial charge < -0.3 is 14.7 Å². The maximum Gasteiger partial charge on any atom is 0.308 e. The fourth-order valence-corrected chi connectivity index (χ4v) is 3.47. The summed E-state index contributed by atoms with van der Waals surface area (Å²) in [4.78, 5) is 26.2. The highest BCUT2D eigenvalue weighted by Crippen LogP contribution is 2.41. The summed E-state index contributed by atoms with van der Waals surface area (Å²) in [7, 11) is 1.56. The van der Waals surface area contributed by atoms with Crippen LogP contribution in [0.25, 0.3) is 0 Å². The first kappa shape index (κ1) is 17.0. The molecular weight excluding hydrogens is 318 g/mol. The smallest absolute Gasteiger partial charge is 0.308 e. The Balaban J connectivity index is 2.04. The molecule has 2 atom stereocenters. The lowest BCUT2D eigenvalue weighted by atomic mass is 9.83. The third-order valence-electron chi connectivity index (χ3n) is 4.68. The summed E-state index contributed by atoms with van der Waals surface area (Å²) in [5, 5.41) is 9.72. The standard InChI is InChI=1S/C20H21NO4/c1-25-17-10-6-5-9-15(17)19-16(20(23)24)11-12-18(22)21(19)13-14-7-3-2-4-8-14/h2-10,16,19H,11-13H2,1H3,(H,23,24)/t16-,19+/m0/s1. The van der Waals surface area contributed by atoms with Gasteiger partial charge >= 0.3 is 5.97 Å². The van der Waals surface area contributed by atoms with Gasteiger partial charge in [-0.3, -0.25) is 9.59 Å². The summed E-state index contributed by atoms with van der Waals surface area (Å²) in [6.07, 6.45) is 0.581. The van der Waals surface area contributed by atoms with E-state index in [1.807, 2.05) is 48.5 Å². The van der Waals surface area contributed by atoms with Crippen LogP contribution in [0.4, 0.5) is 0 Å². The molecule has 0 aromatic heterocycles. The average molecular weight is 339 g/mol. The number of rotatable bonds is 5. The maximum absolute atomic E-state index is 12.6. The largest absolute Gasteiger partial charge is 0.496 e. The summed E-state index contributed by atoms with van der Waals surface area (Å²) in [6.45, 7) is 0.381. The van der Waals surface area contributed by atoms with Crippen LogP contribution in [0.5, 0.6) is 5.75 Å². The van der Waals surface area contributed by atoms with Gasteiger partial charge in [-0.15, -0.1) is 0 Å². The summed E-state index contributed by atoms with van der Waals surface area (Å²) in [5.74, 6) is -0.969. The third-order valence-corrected chi connectivity index (χ3v) is 4.68. The highest BCUT2D eigenvalue weighted by Gasteiger charge is 2.41. The van der Waals surface area contributed by atoms with Crippen molar-refractivity contribution in [3.05, 3.63) is 65.7 Å². The van der Waals surface area contributed by atoms with Crippen LogP contribution in [0.1, 0.15) is 30.0 Å². The molecule has 25 heavy (non-hydrogen) atoms. The third kappa shape index (κ3) is 3.50. The molecule has 5 heteroatoms. The van der Waals surface area contributed by atoms with Gasteiger partial charge in [-0.1, -0.05) is 48.5 Å². The number of hydrogen-bond donors (Lipinski definition) is 1.